The van der Waals surface area contributed by atoms with Gasteiger partial charge in [-0.15, -0.1) is 0 Å². The van der Waals surface area contributed by atoms with Crippen molar-refractivity contribution >= 4 is 5.97 Å². The minimum absolute atomic E-state index is 0.332. The highest BCUT2D eigenvalue weighted by Gasteiger charge is 2.14. The SMILES string of the molecule is O=C(O)c1ccc(CNCCCOC2CCCC2)cc1. The van der Waals surface area contributed by atoms with E-state index in [9.17, 15) is 4.79 Å². The lowest BCUT2D eigenvalue weighted by molar-refractivity contribution is 0.0568. The third-order valence-corrected chi connectivity index (χ3v) is 3.68. The average molecular weight is 277 g/mol. The van der Waals surface area contributed by atoms with Gasteiger partial charge in [0.25, 0.3) is 0 Å². The lowest BCUT2D eigenvalue weighted by atomic mass is 10.1. The van der Waals surface area contributed by atoms with E-state index < -0.39 is 5.97 Å². The Morgan fingerprint density at radius 1 is 1.25 bits per heavy atom. The first-order chi connectivity index (χ1) is 9.75. The van der Waals surface area contributed by atoms with Crippen molar-refractivity contribution in [2.75, 3.05) is 13.2 Å². The van der Waals surface area contributed by atoms with Crippen LogP contribution in [0.4, 0.5) is 0 Å². The van der Waals surface area contributed by atoms with Gasteiger partial charge in [0.2, 0.25) is 0 Å². The largest absolute Gasteiger partial charge is 0.478 e. The summed E-state index contributed by atoms with van der Waals surface area (Å²) in [6, 6.07) is 6.99. The highest BCUT2D eigenvalue weighted by atomic mass is 16.5. The van der Waals surface area contributed by atoms with E-state index in [0.717, 1.165) is 31.7 Å². The van der Waals surface area contributed by atoms with Crippen LogP contribution in [0.25, 0.3) is 0 Å². The fraction of sp³-hybridized carbons (Fsp3) is 0.562. The molecule has 0 heterocycles. The van der Waals surface area contributed by atoms with E-state index in [1.165, 1.54) is 25.7 Å². The van der Waals surface area contributed by atoms with Gasteiger partial charge < -0.3 is 15.2 Å². The van der Waals surface area contributed by atoms with Gasteiger partial charge in [-0.05, 0) is 43.5 Å². The first-order valence-electron chi connectivity index (χ1n) is 7.40. The predicted molar refractivity (Wildman–Crippen MR) is 77.9 cm³/mol. The van der Waals surface area contributed by atoms with Gasteiger partial charge in [-0.2, -0.15) is 0 Å². The second-order valence-electron chi connectivity index (χ2n) is 5.31. The smallest absolute Gasteiger partial charge is 0.335 e. The normalized spacial score (nSPS) is 15.6. The molecule has 1 saturated carbocycles. The predicted octanol–water partition coefficient (Wildman–Crippen LogP) is 2.82. The molecule has 4 nitrogen and oxygen atoms in total. The van der Waals surface area contributed by atoms with Crippen molar-refractivity contribution in [1.82, 2.24) is 5.32 Å². The van der Waals surface area contributed by atoms with E-state index in [-0.39, 0.29) is 0 Å². The number of nitrogens with one attached hydrogen (secondary N) is 1. The number of hydrogen-bond donors (Lipinski definition) is 2. The highest BCUT2D eigenvalue weighted by Crippen LogP contribution is 2.20. The van der Waals surface area contributed by atoms with Crippen LogP contribution in [0, 0.1) is 0 Å². The van der Waals surface area contributed by atoms with Crippen LogP contribution in [0.3, 0.4) is 0 Å². The molecule has 0 radical (unpaired) electrons. The highest BCUT2D eigenvalue weighted by molar-refractivity contribution is 5.87. The van der Waals surface area contributed by atoms with Crippen molar-refractivity contribution in [2.24, 2.45) is 0 Å². The molecule has 1 aliphatic rings. The summed E-state index contributed by atoms with van der Waals surface area (Å²) in [6.45, 7) is 2.52. The maximum absolute atomic E-state index is 10.7. The molecule has 4 heteroatoms. The van der Waals surface area contributed by atoms with Crippen LogP contribution >= 0.6 is 0 Å². The molecule has 0 spiro atoms. The van der Waals surface area contributed by atoms with Gasteiger partial charge in [-0.25, -0.2) is 4.79 Å². The number of rotatable bonds is 8. The fourth-order valence-electron chi connectivity index (χ4n) is 2.50. The number of aromatic carboxylic acids is 1. The number of carbonyl (C=O) groups is 1. The second kappa shape index (κ2) is 8.02. The number of carboxylic acids is 1. The summed E-state index contributed by atoms with van der Waals surface area (Å²) in [5.41, 5.74) is 1.44. The Hall–Kier alpha value is -1.39. The van der Waals surface area contributed by atoms with Crippen LogP contribution in [0.15, 0.2) is 24.3 Å². The zero-order valence-electron chi connectivity index (χ0n) is 11.8. The van der Waals surface area contributed by atoms with Crippen molar-refractivity contribution in [3.8, 4) is 0 Å². The van der Waals surface area contributed by atoms with Crippen molar-refractivity contribution in [3.63, 3.8) is 0 Å². The molecule has 2 N–H and O–H groups in total. The van der Waals surface area contributed by atoms with Crippen molar-refractivity contribution in [2.45, 2.75) is 44.8 Å². The summed E-state index contributed by atoms with van der Waals surface area (Å²) in [5, 5.41) is 12.2. The Balaban J connectivity index is 1.55. The molecule has 0 unspecified atom stereocenters. The van der Waals surface area contributed by atoms with Gasteiger partial charge >= 0.3 is 5.97 Å². The average Bonchev–Trinajstić information content (AvgIpc) is 2.96. The number of hydrogen-bond acceptors (Lipinski definition) is 3. The minimum atomic E-state index is -0.881. The Bertz CT molecular complexity index is 410. The van der Waals surface area contributed by atoms with Crippen LogP contribution < -0.4 is 5.32 Å². The van der Waals surface area contributed by atoms with Crippen molar-refractivity contribution in [1.29, 1.82) is 0 Å². The molecule has 110 valence electrons. The topological polar surface area (TPSA) is 58.6 Å². The van der Waals surface area contributed by atoms with E-state index in [4.69, 9.17) is 9.84 Å². The van der Waals surface area contributed by atoms with Gasteiger partial charge in [-0.1, -0.05) is 25.0 Å². The second-order valence-corrected chi connectivity index (χ2v) is 5.31. The number of carboxylic acid groups (broad SMARTS) is 1. The summed E-state index contributed by atoms with van der Waals surface area (Å²) in [4.78, 5) is 10.7. The third kappa shape index (κ3) is 4.94. The zero-order valence-corrected chi connectivity index (χ0v) is 11.8. The molecule has 0 bridgehead atoms. The summed E-state index contributed by atoms with van der Waals surface area (Å²) < 4.78 is 5.79. The molecule has 0 aromatic heterocycles. The molecule has 1 aliphatic carbocycles. The monoisotopic (exact) mass is 277 g/mol. The summed E-state index contributed by atoms with van der Waals surface area (Å²) in [5.74, 6) is -0.881. The third-order valence-electron chi connectivity index (χ3n) is 3.68. The van der Waals surface area contributed by atoms with Crippen molar-refractivity contribution < 1.29 is 14.6 Å². The van der Waals surface area contributed by atoms with Crippen LogP contribution in [-0.2, 0) is 11.3 Å². The van der Waals surface area contributed by atoms with Crippen LogP contribution in [0.1, 0.15) is 48.0 Å². The van der Waals surface area contributed by atoms with Gasteiger partial charge in [0.1, 0.15) is 0 Å². The first kappa shape index (κ1) is 15.0. The molecule has 2 rings (SSSR count). The molecule has 1 aromatic rings. The standard InChI is InChI=1S/C16H23NO3/c18-16(19)14-8-6-13(7-9-14)12-17-10-3-11-20-15-4-1-2-5-15/h6-9,15,17H,1-5,10-12H2,(H,18,19). The molecule has 0 saturated heterocycles. The molecule has 20 heavy (non-hydrogen) atoms. The van der Waals surface area contributed by atoms with E-state index >= 15 is 0 Å². The molecule has 0 amide bonds. The Morgan fingerprint density at radius 2 is 1.95 bits per heavy atom. The van der Waals surface area contributed by atoms with E-state index in [2.05, 4.69) is 5.32 Å². The molecular weight excluding hydrogens is 254 g/mol. The van der Waals surface area contributed by atoms with Crippen molar-refractivity contribution in [3.05, 3.63) is 35.4 Å². The Labute approximate surface area is 120 Å². The lowest BCUT2D eigenvalue weighted by Gasteiger charge is -2.11. The lowest BCUT2D eigenvalue weighted by Crippen LogP contribution is -2.18. The van der Waals surface area contributed by atoms with E-state index in [1.54, 1.807) is 12.1 Å². The Morgan fingerprint density at radius 3 is 2.60 bits per heavy atom. The minimum Gasteiger partial charge on any atom is -0.478 e. The number of ether oxygens (including phenoxy) is 1. The van der Waals surface area contributed by atoms with Gasteiger partial charge in [0, 0.05) is 13.2 Å². The Kier molecular flexibility index (Phi) is 6.02. The first-order valence-corrected chi connectivity index (χ1v) is 7.40. The van der Waals surface area contributed by atoms with Gasteiger partial charge in [0.05, 0.1) is 11.7 Å². The van der Waals surface area contributed by atoms with Gasteiger partial charge in [0.15, 0.2) is 0 Å². The number of benzene rings is 1. The zero-order chi connectivity index (χ0) is 14.2. The van der Waals surface area contributed by atoms with Gasteiger partial charge in [-0.3, -0.25) is 0 Å². The summed E-state index contributed by atoms with van der Waals surface area (Å²) in [6.07, 6.45) is 6.60. The van der Waals surface area contributed by atoms with E-state index in [1.807, 2.05) is 12.1 Å². The molecular formula is C16H23NO3. The summed E-state index contributed by atoms with van der Waals surface area (Å²) in [7, 11) is 0. The van der Waals surface area contributed by atoms with E-state index in [0.29, 0.717) is 11.7 Å². The molecule has 1 aromatic carbocycles. The maximum atomic E-state index is 10.7. The van der Waals surface area contributed by atoms with Crippen LogP contribution in [0.5, 0.6) is 0 Å². The molecule has 0 atom stereocenters. The molecule has 1 fully saturated rings. The quantitative estimate of drug-likeness (QED) is 0.717. The summed E-state index contributed by atoms with van der Waals surface area (Å²) >= 11 is 0. The molecule has 0 aliphatic heterocycles. The van der Waals surface area contributed by atoms with Crippen LogP contribution in [0.2, 0.25) is 0 Å². The fourth-order valence-corrected chi connectivity index (χ4v) is 2.50. The van der Waals surface area contributed by atoms with Crippen LogP contribution in [-0.4, -0.2) is 30.3 Å². The maximum Gasteiger partial charge on any atom is 0.335 e.